The highest BCUT2D eigenvalue weighted by Gasteiger charge is 2.40. The minimum Gasteiger partial charge on any atom is -0.369 e. The number of non-ortho nitro benzene ring substituents is 1. The van der Waals surface area contributed by atoms with Crippen LogP contribution in [0.3, 0.4) is 0 Å². The van der Waals surface area contributed by atoms with E-state index in [-0.39, 0.29) is 42.7 Å². The third-order valence-corrected chi connectivity index (χ3v) is 7.64. The van der Waals surface area contributed by atoms with Crippen LogP contribution in [0.15, 0.2) is 84.9 Å². The molecule has 3 amide bonds. The number of benzene rings is 4. The number of carbonyl (C=O) groups is 3. The normalized spacial score (nSPS) is 15.5. The summed E-state index contributed by atoms with van der Waals surface area (Å²) in [7, 11) is 0. The average molecular weight is 573 g/mol. The Balaban J connectivity index is 0.00000387. The summed E-state index contributed by atoms with van der Waals surface area (Å²) in [4.78, 5) is 54.1. The second-order valence-corrected chi connectivity index (χ2v) is 10.0. The van der Waals surface area contributed by atoms with E-state index in [1.54, 1.807) is 36.1 Å². The van der Waals surface area contributed by atoms with Crippen molar-refractivity contribution in [2.75, 3.05) is 16.3 Å². The van der Waals surface area contributed by atoms with Crippen molar-refractivity contribution in [3.05, 3.63) is 112 Å². The first-order valence-corrected chi connectivity index (χ1v) is 12.9. The molecule has 0 fully saturated rings. The second-order valence-electron chi connectivity index (χ2n) is 10.0. The molecule has 1 aliphatic heterocycles. The highest BCUT2D eigenvalue weighted by atomic mass is 35.5. The van der Waals surface area contributed by atoms with Crippen molar-refractivity contribution in [3.63, 3.8) is 0 Å². The van der Waals surface area contributed by atoms with Crippen molar-refractivity contribution in [3.8, 4) is 0 Å². The van der Waals surface area contributed by atoms with Gasteiger partial charge in [0.15, 0.2) is 0 Å². The van der Waals surface area contributed by atoms with Gasteiger partial charge in [-0.25, -0.2) is 0 Å². The van der Waals surface area contributed by atoms with E-state index in [0.29, 0.717) is 11.4 Å². The van der Waals surface area contributed by atoms with Crippen LogP contribution in [-0.4, -0.2) is 29.2 Å². The van der Waals surface area contributed by atoms with Gasteiger partial charge in [0.05, 0.1) is 28.8 Å². The monoisotopic (exact) mass is 572 g/mol. The highest BCUT2D eigenvalue weighted by Crippen LogP contribution is 2.38. The molecule has 0 saturated heterocycles. The number of nitro groups is 1. The molecule has 1 heterocycles. The fourth-order valence-electron chi connectivity index (χ4n) is 5.23. The fraction of sp³-hybridized carbons (Fsp3) is 0.194. The largest absolute Gasteiger partial charge is 0.369 e. The SMILES string of the molecule is Cc1ccc2ccccc2c1CN1C(=O)[C@@H](C(C)C(N)=O)CN(C(=O)c2ccc([N+](=O)[O-])cc2)c2ccccc21.Cl. The van der Waals surface area contributed by atoms with E-state index in [9.17, 15) is 24.5 Å². The zero-order valence-electron chi connectivity index (χ0n) is 22.5. The quantitative estimate of drug-likeness (QED) is 0.244. The first-order valence-electron chi connectivity index (χ1n) is 12.9. The third-order valence-electron chi connectivity index (χ3n) is 7.64. The van der Waals surface area contributed by atoms with Crippen molar-refractivity contribution in [2.45, 2.75) is 20.4 Å². The smallest absolute Gasteiger partial charge is 0.269 e. The molecule has 4 aromatic carbocycles. The summed E-state index contributed by atoms with van der Waals surface area (Å²) >= 11 is 0. The molecule has 0 aromatic heterocycles. The molecule has 0 spiro atoms. The lowest BCUT2D eigenvalue weighted by Gasteiger charge is -2.28. The number of carbonyl (C=O) groups excluding carboxylic acids is 3. The maximum atomic E-state index is 14.2. The zero-order valence-corrected chi connectivity index (χ0v) is 23.3. The van der Waals surface area contributed by atoms with Crippen LogP contribution >= 0.6 is 12.4 Å². The molecule has 4 aromatic rings. The number of aryl methyl sites for hydroxylation is 1. The van der Waals surface area contributed by atoms with Crippen molar-refractivity contribution < 1.29 is 19.3 Å². The molecule has 0 radical (unpaired) electrons. The van der Waals surface area contributed by atoms with Gasteiger partial charge in [0, 0.05) is 30.2 Å². The van der Waals surface area contributed by atoms with Crippen molar-refractivity contribution >= 4 is 58.0 Å². The summed E-state index contributed by atoms with van der Waals surface area (Å²) in [5.74, 6) is -3.18. The second kappa shape index (κ2) is 11.8. The first kappa shape index (κ1) is 29.2. The van der Waals surface area contributed by atoms with Gasteiger partial charge in [0.1, 0.15) is 0 Å². The number of halogens is 1. The predicted octanol–water partition coefficient (Wildman–Crippen LogP) is 5.41. The number of nitro benzene ring substituents is 1. The molecule has 41 heavy (non-hydrogen) atoms. The van der Waals surface area contributed by atoms with E-state index >= 15 is 0 Å². The number of anilines is 2. The topological polar surface area (TPSA) is 127 Å². The van der Waals surface area contributed by atoms with Crippen LogP contribution in [0.4, 0.5) is 17.1 Å². The van der Waals surface area contributed by atoms with Gasteiger partial charge >= 0.3 is 0 Å². The van der Waals surface area contributed by atoms with E-state index in [1.165, 1.54) is 29.2 Å². The lowest BCUT2D eigenvalue weighted by Crippen LogP contribution is -2.45. The average Bonchev–Trinajstić information content (AvgIpc) is 3.08. The van der Waals surface area contributed by atoms with E-state index in [1.807, 2.05) is 43.3 Å². The van der Waals surface area contributed by atoms with Crippen LogP contribution in [-0.2, 0) is 16.1 Å². The number of rotatable bonds is 6. The molecular formula is C31H29ClN4O5. The fourth-order valence-corrected chi connectivity index (χ4v) is 5.23. The van der Waals surface area contributed by atoms with Gasteiger partial charge in [-0.2, -0.15) is 0 Å². The molecule has 0 saturated carbocycles. The van der Waals surface area contributed by atoms with Gasteiger partial charge in [0.25, 0.3) is 11.6 Å². The minimum absolute atomic E-state index is 0. The summed E-state index contributed by atoms with van der Waals surface area (Å²) in [6, 6.07) is 24.4. The zero-order chi connectivity index (χ0) is 28.6. The Morgan fingerprint density at radius 3 is 2.27 bits per heavy atom. The Morgan fingerprint density at radius 1 is 0.976 bits per heavy atom. The van der Waals surface area contributed by atoms with E-state index < -0.39 is 28.6 Å². The van der Waals surface area contributed by atoms with E-state index in [4.69, 9.17) is 5.73 Å². The molecule has 9 nitrogen and oxygen atoms in total. The molecule has 10 heteroatoms. The van der Waals surface area contributed by atoms with Crippen LogP contribution in [0.5, 0.6) is 0 Å². The van der Waals surface area contributed by atoms with Crippen LogP contribution < -0.4 is 15.5 Å². The molecular weight excluding hydrogens is 544 g/mol. The highest BCUT2D eigenvalue weighted by molar-refractivity contribution is 6.12. The number of para-hydroxylation sites is 2. The van der Waals surface area contributed by atoms with Gasteiger partial charge < -0.3 is 15.5 Å². The maximum Gasteiger partial charge on any atom is 0.269 e. The molecule has 1 unspecified atom stereocenters. The third kappa shape index (κ3) is 5.49. The van der Waals surface area contributed by atoms with E-state index in [2.05, 4.69) is 0 Å². The molecule has 5 rings (SSSR count). The van der Waals surface area contributed by atoms with Gasteiger partial charge in [-0.05, 0) is 53.1 Å². The lowest BCUT2D eigenvalue weighted by molar-refractivity contribution is -0.384. The Labute approximate surface area is 243 Å². The summed E-state index contributed by atoms with van der Waals surface area (Å²) in [6.45, 7) is 3.73. The summed E-state index contributed by atoms with van der Waals surface area (Å²) in [5.41, 5.74) is 8.75. The van der Waals surface area contributed by atoms with Gasteiger partial charge in [-0.1, -0.05) is 55.5 Å². The van der Waals surface area contributed by atoms with Crippen LogP contribution in [0.2, 0.25) is 0 Å². The van der Waals surface area contributed by atoms with Gasteiger partial charge in [-0.3, -0.25) is 24.5 Å². The van der Waals surface area contributed by atoms with Crippen molar-refractivity contribution in [1.82, 2.24) is 0 Å². The number of nitrogens with zero attached hydrogens (tertiary/aromatic N) is 3. The molecule has 2 N–H and O–H groups in total. The molecule has 2 atom stereocenters. The molecule has 0 aliphatic carbocycles. The number of fused-ring (bicyclic) bond motifs is 2. The summed E-state index contributed by atoms with van der Waals surface area (Å²) < 4.78 is 0. The Bertz CT molecular complexity index is 1660. The maximum absolute atomic E-state index is 14.2. The Kier molecular flexibility index (Phi) is 8.39. The van der Waals surface area contributed by atoms with Gasteiger partial charge in [0.2, 0.25) is 11.8 Å². The molecule has 1 aliphatic rings. The Hall–Kier alpha value is -4.76. The van der Waals surface area contributed by atoms with Crippen LogP contribution in [0.25, 0.3) is 10.8 Å². The number of hydrogen-bond donors (Lipinski definition) is 1. The minimum atomic E-state index is -0.915. The lowest BCUT2D eigenvalue weighted by atomic mass is 9.91. The summed E-state index contributed by atoms with van der Waals surface area (Å²) in [6.07, 6.45) is 0. The van der Waals surface area contributed by atoms with E-state index in [0.717, 1.165) is 21.9 Å². The predicted molar refractivity (Wildman–Crippen MR) is 160 cm³/mol. The number of primary amides is 1. The van der Waals surface area contributed by atoms with Crippen LogP contribution in [0, 0.1) is 28.9 Å². The Morgan fingerprint density at radius 2 is 1.61 bits per heavy atom. The molecule has 0 bridgehead atoms. The van der Waals surface area contributed by atoms with Crippen molar-refractivity contribution in [2.24, 2.45) is 17.6 Å². The summed E-state index contributed by atoms with van der Waals surface area (Å²) in [5, 5.41) is 13.2. The van der Waals surface area contributed by atoms with Gasteiger partial charge in [-0.15, -0.1) is 12.4 Å². The number of amides is 3. The number of hydrogen-bond acceptors (Lipinski definition) is 5. The van der Waals surface area contributed by atoms with Crippen molar-refractivity contribution in [1.29, 1.82) is 0 Å². The molecule has 210 valence electrons. The number of nitrogens with two attached hydrogens (primary N) is 1. The standard InChI is InChI=1S/C31H28N4O5.ClH/c1-19-11-12-21-7-3-4-8-24(21)25(19)17-34-28-10-6-5-9-27(28)33(18-26(31(34)38)20(2)29(32)36)30(37)22-13-15-23(16-14-22)35(39)40;/h3-16,20,26H,17-18H2,1-2H3,(H2,32,36);1H/t20?,26-;/m1./s1. The van der Waals surface area contributed by atoms with Crippen LogP contribution in [0.1, 0.15) is 28.4 Å². The first-order chi connectivity index (χ1) is 19.2.